The van der Waals surface area contributed by atoms with E-state index in [1.165, 1.54) is 24.1 Å². The SMILES string of the molecule is CCCc1cc(=O)[nH]c(SCc2occc2C(=O)NN)n1. The van der Waals surface area contributed by atoms with E-state index in [2.05, 4.69) is 15.4 Å². The second kappa shape index (κ2) is 7.09. The van der Waals surface area contributed by atoms with Gasteiger partial charge in [0.05, 0.1) is 17.6 Å². The molecule has 0 aliphatic carbocycles. The quantitative estimate of drug-likeness (QED) is 0.243. The summed E-state index contributed by atoms with van der Waals surface area (Å²) in [6.07, 6.45) is 3.09. The van der Waals surface area contributed by atoms with Crippen LogP contribution in [0.1, 0.15) is 35.2 Å². The highest BCUT2D eigenvalue weighted by Gasteiger charge is 2.14. The number of aromatic nitrogens is 2. The molecular formula is C13H16N4O3S. The molecule has 0 aliphatic rings. The molecule has 0 fully saturated rings. The molecule has 0 radical (unpaired) electrons. The van der Waals surface area contributed by atoms with Crippen molar-refractivity contribution >= 4 is 17.7 Å². The van der Waals surface area contributed by atoms with E-state index < -0.39 is 5.91 Å². The van der Waals surface area contributed by atoms with E-state index in [4.69, 9.17) is 10.3 Å². The maximum absolute atomic E-state index is 11.6. The summed E-state index contributed by atoms with van der Waals surface area (Å²) in [6.45, 7) is 2.02. The topological polar surface area (TPSA) is 114 Å². The lowest BCUT2D eigenvalue weighted by Gasteiger charge is -2.03. The predicted molar refractivity (Wildman–Crippen MR) is 78.8 cm³/mol. The van der Waals surface area contributed by atoms with Crippen molar-refractivity contribution in [2.45, 2.75) is 30.7 Å². The number of nitrogens with two attached hydrogens (primary N) is 1. The number of carbonyl (C=O) groups excluding carboxylic acids is 1. The second-order valence-electron chi connectivity index (χ2n) is 4.31. The van der Waals surface area contributed by atoms with Gasteiger partial charge in [0, 0.05) is 11.8 Å². The van der Waals surface area contributed by atoms with E-state index in [0.29, 0.717) is 22.2 Å². The van der Waals surface area contributed by atoms with Crippen LogP contribution < -0.4 is 16.8 Å². The number of nitrogens with one attached hydrogen (secondary N) is 2. The standard InChI is InChI=1S/C13H16N4O3S/c1-2-3-8-6-11(18)16-13(15-8)21-7-10-9(4-5-20-10)12(19)17-14/h4-6H,2-3,7,14H2,1H3,(H,17,19)(H,15,16,18). The predicted octanol–water partition coefficient (Wildman–Crippen LogP) is 1.21. The van der Waals surface area contributed by atoms with Crippen molar-refractivity contribution in [3.05, 3.63) is 45.8 Å². The lowest BCUT2D eigenvalue weighted by Crippen LogP contribution is -2.30. The Morgan fingerprint density at radius 1 is 1.57 bits per heavy atom. The molecule has 2 aromatic heterocycles. The fraction of sp³-hybridized carbons (Fsp3) is 0.308. The van der Waals surface area contributed by atoms with Gasteiger partial charge < -0.3 is 9.40 Å². The number of rotatable bonds is 6. The molecule has 0 atom stereocenters. The van der Waals surface area contributed by atoms with Crippen molar-refractivity contribution in [1.82, 2.24) is 15.4 Å². The van der Waals surface area contributed by atoms with Crippen LogP contribution in [0.15, 0.2) is 32.8 Å². The molecule has 1 amide bonds. The van der Waals surface area contributed by atoms with Crippen LogP contribution in [0.5, 0.6) is 0 Å². The van der Waals surface area contributed by atoms with Gasteiger partial charge in [0.25, 0.3) is 11.5 Å². The van der Waals surface area contributed by atoms with Crippen LogP contribution in [0.2, 0.25) is 0 Å². The Kier molecular flexibility index (Phi) is 5.18. The van der Waals surface area contributed by atoms with Gasteiger partial charge in [-0.15, -0.1) is 0 Å². The Hall–Kier alpha value is -2.06. The highest BCUT2D eigenvalue weighted by atomic mass is 32.2. The van der Waals surface area contributed by atoms with E-state index in [1.807, 2.05) is 6.92 Å². The monoisotopic (exact) mass is 308 g/mol. The largest absolute Gasteiger partial charge is 0.468 e. The van der Waals surface area contributed by atoms with Gasteiger partial charge >= 0.3 is 0 Å². The van der Waals surface area contributed by atoms with Gasteiger partial charge in [-0.2, -0.15) is 0 Å². The molecule has 0 aromatic carbocycles. The molecule has 0 aliphatic heterocycles. The molecule has 0 spiro atoms. The van der Waals surface area contributed by atoms with Crippen LogP contribution >= 0.6 is 11.8 Å². The van der Waals surface area contributed by atoms with Gasteiger partial charge in [-0.1, -0.05) is 25.1 Å². The third-order valence-corrected chi connectivity index (χ3v) is 3.61. The number of nitrogens with zero attached hydrogens (tertiary/aromatic N) is 1. The van der Waals surface area contributed by atoms with Crippen LogP contribution in [0.3, 0.4) is 0 Å². The molecule has 2 rings (SSSR count). The Balaban J connectivity index is 2.11. The highest BCUT2D eigenvalue weighted by molar-refractivity contribution is 7.98. The summed E-state index contributed by atoms with van der Waals surface area (Å²) < 4.78 is 5.26. The van der Waals surface area contributed by atoms with E-state index in [-0.39, 0.29) is 5.56 Å². The van der Waals surface area contributed by atoms with Crippen molar-refractivity contribution < 1.29 is 9.21 Å². The van der Waals surface area contributed by atoms with Crippen LogP contribution in [-0.4, -0.2) is 15.9 Å². The van der Waals surface area contributed by atoms with Crippen molar-refractivity contribution in [2.75, 3.05) is 0 Å². The minimum absolute atomic E-state index is 0.185. The maximum Gasteiger partial charge on any atom is 0.268 e. The minimum Gasteiger partial charge on any atom is -0.468 e. The molecule has 2 heterocycles. The summed E-state index contributed by atoms with van der Waals surface area (Å²) in [7, 11) is 0. The summed E-state index contributed by atoms with van der Waals surface area (Å²) in [5.74, 6) is 5.54. The number of aromatic amines is 1. The summed E-state index contributed by atoms with van der Waals surface area (Å²) in [4.78, 5) is 30.1. The first-order chi connectivity index (χ1) is 10.1. The Bertz CT molecular complexity index is 680. The van der Waals surface area contributed by atoms with Crippen molar-refractivity contribution in [1.29, 1.82) is 0 Å². The van der Waals surface area contributed by atoms with Crippen molar-refractivity contribution in [2.24, 2.45) is 5.84 Å². The number of H-pyrrole nitrogens is 1. The third-order valence-electron chi connectivity index (χ3n) is 2.74. The van der Waals surface area contributed by atoms with E-state index >= 15 is 0 Å². The van der Waals surface area contributed by atoms with Crippen molar-refractivity contribution in [3.63, 3.8) is 0 Å². The highest BCUT2D eigenvalue weighted by Crippen LogP contribution is 2.22. The van der Waals surface area contributed by atoms with E-state index in [1.54, 1.807) is 6.07 Å². The van der Waals surface area contributed by atoms with Crippen LogP contribution in [-0.2, 0) is 12.2 Å². The average molecular weight is 308 g/mol. The maximum atomic E-state index is 11.6. The Labute approximate surface area is 125 Å². The Morgan fingerprint density at radius 3 is 3.10 bits per heavy atom. The lowest BCUT2D eigenvalue weighted by atomic mass is 10.2. The summed E-state index contributed by atoms with van der Waals surface area (Å²) in [6, 6.07) is 3.04. The van der Waals surface area contributed by atoms with Crippen molar-refractivity contribution in [3.8, 4) is 0 Å². The number of hydrogen-bond acceptors (Lipinski definition) is 6. The molecule has 0 saturated carbocycles. The van der Waals surface area contributed by atoms with Gasteiger partial charge in [-0.25, -0.2) is 10.8 Å². The molecule has 21 heavy (non-hydrogen) atoms. The molecule has 4 N–H and O–H groups in total. The summed E-state index contributed by atoms with van der Waals surface area (Å²) >= 11 is 1.29. The van der Waals surface area contributed by atoms with Crippen LogP contribution in [0, 0.1) is 0 Å². The number of aryl methyl sites for hydroxylation is 1. The molecule has 2 aromatic rings. The first kappa shape index (κ1) is 15.3. The molecule has 0 bridgehead atoms. The van der Waals surface area contributed by atoms with Gasteiger partial charge in [0.2, 0.25) is 0 Å². The second-order valence-corrected chi connectivity index (χ2v) is 5.28. The number of thioether (sulfide) groups is 1. The van der Waals surface area contributed by atoms with Gasteiger partial charge in [0.15, 0.2) is 5.16 Å². The zero-order valence-electron chi connectivity index (χ0n) is 11.5. The number of furan rings is 1. The lowest BCUT2D eigenvalue weighted by molar-refractivity contribution is 0.0952. The molecule has 0 saturated heterocycles. The number of hydrazine groups is 1. The van der Waals surface area contributed by atoms with E-state index in [0.717, 1.165) is 18.5 Å². The summed E-state index contributed by atoms with van der Waals surface area (Å²) in [5, 5.41) is 0.501. The molecule has 0 unspecified atom stereocenters. The normalized spacial score (nSPS) is 10.6. The number of carbonyl (C=O) groups is 1. The number of amides is 1. The first-order valence-corrected chi connectivity index (χ1v) is 7.43. The average Bonchev–Trinajstić information content (AvgIpc) is 2.92. The Morgan fingerprint density at radius 2 is 2.38 bits per heavy atom. The van der Waals surface area contributed by atoms with Gasteiger partial charge in [-0.3, -0.25) is 15.0 Å². The molecule has 7 nitrogen and oxygen atoms in total. The first-order valence-electron chi connectivity index (χ1n) is 6.44. The van der Waals surface area contributed by atoms with E-state index in [9.17, 15) is 9.59 Å². The third kappa shape index (κ3) is 3.96. The summed E-state index contributed by atoms with van der Waals surface area (Å²) in [5.41, 5.74) is 3.00. The molecule has 112 valence electrons. The zero-order valence-corrected chi connectivity index (χ0v) is 12.3. The number of nitrogen functional groups attached to an aromatic ring is 1. The van der Waals surface area contributed by atoms with Gasteiger partial charge in [-0.05, 0) is 12.5 Å². The number of hydrogen-bond donors (Lipinski definition) is 3. The van der Waals surface area contributed by atoms with Crippen LogP contribution in [0.25, 0.3) is 0 Å². The fourth-order valence-electron chi connectivity index (χ4n) is 1.80. The van der Waals surface area contributed by atoms with Crippen LogP contribution in [0.4, 0.5) is 0 Å². The molecule has 8 heteroatoms. The minimum atomic E-state index is -0.416. The fourth-order valence-corrected chi connectivity index (χ4v) is 2.65. The smallest absolute Gasteiger partial charge is 0.268 e. The molecular weight excluding hydrogens is 292 g/mol. The van der Waals surface area contributed by atoms with Gasteiger partial charge in [0.1, 0.15) is 5.76 Å². The zero-order chi connectivity index (χ0) is 15.2.